The van der Waals surface area contributed by atoms with Crippen molar-refractivity contribution in [2.75, 3.05) is 13.2 Å². The van der Waals surface area contributed by atoms with Crippen LogP contribution in [-0.2, 0) is 16.2 Å². The Kier molecular flexibility index (Phi) is 7.33. The zero-order valence-electron chi connectivity index (χ0n) is 25.5. The number of hydrogen-bond acceptors (Lipinski definition) is 2. The Balaban J connectivity index is 1.89. The second-order valence-electron chi connectivity index (χ2n) is 12.7. The van der Waals surface area contributed by atoms with E-state index in [-0.39, 0.29) is 10.8 Å². The van der Waals surface area contributed by atoms with Gasteiger partial charge in [0.25, 0.3) is 0 Å². The largest absolute Gasteiger partial charge is 0.494 e. The number of benzene rings is 4. The van der Waals surface area contributed by atoms with E-state index in [1.165, 1.54) is 44.5 Å². The van der Waals surface area contributed by atoms with Gasteiger partial charge in [-0.15, -0.1) is 0 Å². The Morgan fingerprint density at radius 2 is 0.975 bits per heavy atom. The molecule has 0 bridgehead atoms. The highest BCUT2D eigenvalue weighted by Gasteiger charge is 2.47. The quantitative estimate of drug-likeness (QED) is 0.198. The lowest BCUT2D eigenvalue weighted by molar-refractivity contribution is 0.340. The van der Waals surface area contributed by atoms with Crippen molar-refractivity contribution >= 4 is 0 Å². The maximum absolute atomic E-state index is 5.87. The first-order chi connectivity index (χ1) is 19.1. The SMILES string of the molecule is CCOc1ccc(C2(c3ccc(OCC)cc3)c3cc(C(C)(C)C)ccc3-c3ccc(C(C)(C)CC)cc32)cc1. The second-order valence-corrected chi connectivity index (χ2v) is 12.7. The minimum atomic E-state index is -0.471. The molecule has 0 unspecified atom stereocenters. The zero-order chi connectivity index (χ0) is 28.7. The highest BCUT2D eigenvalue weighted by Crippen LogP contribution is 2.57. The van der Waals surface area contributed by atoms with Crippen LogP contribution in [0.15, 0.2) is 84.9 Å². The molecule has 0 saturated carbocycles. The van der Waals surface area contributed by atoms with E-state index in [1.54, 1.807) is 0 Å². The fourth-order valence-corrected chi connectivity index (χ4v) is 6.14. The first-order valence-corrected chi connectivity index (χ1v) is 14.8. The fourth-order valence-electron chi connectivity index (χ4n) is 6.14. The molecule has 40 heavy (non-hydrogen) atoms. The third kappa shape index (κ3) is 4.62. The van der Waals surface area contributed by atoms with Crippen LogP contribution in [-0.4, -0.2) is 13.2 Å². The Morgan fingerprint density at radius 3 is 1.38 bits per heavy atom. The number of hydrogen-bond donors (Lipinski definition) is 0. The van der Waals surface area contributed by atoms with Crippen LogP contribution in [0.5, 0.6) is 11.5 Å². The van der Waals surface area contributed by atoms with Gasteiger partial charge in [0.05, 0.1) is 18.6 Å². The van der Waals surface area contributed by atoms with Crippen LogP contribution in [0.25, 0.3) is 11.1 Å². The van der Waals surface area contributed by atoms with Crippen molar-refractivity contribution in [3.63, 3.8) is 0 Å². The molecular weight excluding hydrogens is 488 g/mol. The van der Waals surface area contributed by atoms with Gasteiger partial charge < -0.3 is 9.47 Å². The summed E-state index contributed by atoms with van der Waals surface area (Å²) < 4.78 is 11.7. The molecule has 0 fully saturated rings. The van der Waals surface area contributed by atoms with Crippen LogP contribution in [0.4, 0.5) is 0 Å². The Bertz CT molecular complexity index is 1440. The highest BCUT2D eigenvalue weighted by atomic mass is 16.5. The third-order valence-corrected chi connectivity index (χ3v) is 8.87. The van der Waals surface area contributed by atoms with Crippen LogP contribution in [0.3, 0.4) is 0 Å². The summed E-state index contributed by atoms with van der Waals surface area (Å²) in [5.41, 5.74) is 10.2. The minimum absolute atomic E-state index is 0.0303. The molecule has 1 aliphatic carbocycles. The predicted molar refractivity (Wildman–Crippen MR) is 168 cm³/mol. The molecule has 0 heterocycles. The number of ether oxygens (including phenoxy) is 2. The normalized spacial score (nSPS) is 14.0. The van der Waals surface area contributed by atoms with Gasteiger partial charge >= 0.3 is 0 Å². The third-order valence-electron chi connectivity index (χ3n) is 8.87. The smallest absolute Gasteiger partial charge is 0.119 e. The summed E-state index contributed by atoms with van der Waals surface area (Å²) >= 11 is 0. The standard InChI is InChI=1S/C38H44O2/c1-9-37(7,8)29-17-23-33-32-22-16-28(36(4,5)6)24-34(32)38(35(33)25-29,26-12-18-30(19-13-26)39-10-2)27-14-20-31(21-15-27)40-11-3/h12-25H,9-11H2,1-8H3. The molecule has 0 atom stereocenters. The average molecular weight is 533 g/mol. The summed E-state index contributed by atoms with van der Waals surface area (Å²) in [6.07, 6.45) is 1.08. The highest BCUT2D eigenvalue weighted by molar-refractivity contribution is 5.87. The molecule has 5 rings (SSSR count). The summed E-state index contributed by atoms with van der Waals surface area (Å²) in [5, 5.41) is 0. The summed E-state index contributed by atoms with van der Waals surface area (Å²) in [5.74, 6) is 1.80. The molecule has 0 amide bonds. The first-order valence-electron chi connectivity index (χ1n) is 14.8. The van der Waals surface area contributed by atoms with Crippen molar-refractivity contribution in [1.29, 1.82) is 0 Å². The summed E-state index contributed by atoms with van der Waals surface area (Å²) in [6.45, 7) is 19.3. The van der Waals surface area contributed by atoms with Crippen LogP contribution in [0.1, 0.15) is 95.2 Å². The van der Waals surface area contributed by atoms with Crippen molar-refractivity contribution in [2.24, 2.45) is 0 Å². The lowest BCUT2D eigenvalue weighted by atomic mass is 9.66. The van der Waals surface area contributed by atoms with Crippen LogP contribution < -0.4 is 9.47 Å². The summed E-state index contributed by atoms with van der Waals surface area (Å²) in [4.78, 5) is 0. The van der Waals surface area contributed by atoms with Gasteiger partial charge in [0.2, 0.25) is 0 Å². The Morgan fingerprint density at radius 1 is 0.550 bits per heavy atom. The van der Waals surface area contributed by atoms with Crippen molar-refractivity contribution in [2.45, 2.75) is 78.1 Å². The molecule has 0 radical (unpaired) electrons. The minimum Gasteiger partial charge on any atom is -0.494 e. The molecule has 4 aromatic rings. The van der Waals surface area contributed by atoms with Crippen LogP contribution >= 0.6 is 0 Å². The van der Waals surface area contributed by atoms with Gasteiger partial charge in [-0.25, -0.2) is 0 Å². The molecule has 2 heteroatoms. The van der Waals surface area contributed by atoms with Gasteiger partial charge in [0.1, 0.15) is 11.5 Å². The molecule has 0 aromatic heterocycles. The molecule has 0 N–H and O–H groups in total. The lowest BCUT2D eigenvalue weighted by Crippen LogP contribution is -2.30. The second kappa shape index (κ2) is 10.5. The van der Waals surface area contributed by atoms with E-state index in [0.717, 1.165) is 17.9 Å². The van der Waals surface area contributed by atoms with Gasteiger partial charge in [-0.3, -0.25) is 0 Å². The van der Waals surface area contributed by atoms with E-state index >= 15 is 0 Å². The van der Waals surface area contributed by atoms with Gasteiger partial charge in [-0.05, 0) is 99.9 Å². The van der Waals surface area contributed by atoms with Crippen LogP contribution in [0, 0.1) is 0 Å². The Hall–Kier alpha value is -3.52. The van der Waals surface area contributed by atoms with Gasteiger partial charge in [-0.2, -0.15) is 0 Å². The molecule has 208 valence electrons. The first kappa shape index (κ1) is 28.0. The van der Waals surface area contributed by atoms with E-state index in [9.17, 15) is 0 Å². The van der Waals surface area contributed by atoms with E-state index < -0.39 is 5.41 Å². The predicted octanol–water partition coefficient (Wildman–Crippen LogP) is 9.83. The molecule has 4 aromatic carbocycles. The monoisotopic (exact) mass is 532 g/mol. The molecule has 0 saturated heterocycles. The molecular formula is C38H44O2. The number of fused-ring (bicyclic) bond motifs is 3. The number of rotatable bonds is 8. The van der Waals surface area contributed by atoms with Gasteiger partial charge in [-0.1, -0.05) is 102 Å². The average Bonchev–Trinajstić information content (AvgIpc) is 3.24. The molecule has 1 aliphatic rings. The summed E-state index contributed by atoms with van der Waals surface area (Å²) in [6, 6.07) is 31.9. The maximum atomic E-state index is 5.87. The van der Waals surface area contributed by atoms with Crippen molar-refractivity contribution < 1.29 is 9.47 Å². The maximum Gasteiger partial charge on any atom is 0.119 e. The van der Waals surface area contributed by atoms with E-state index in [0.29, 0.717) is 13.2 Å². The van der Waals surface area contributed by atoms with Crippen molar-refractivity contribution in [3.8, 4) is 22.6 Å². The van der Waals surface area contributed by atoms with E-state index in [1.807, 2.05) is 13.8 Å². The molecule has 0 spiro atoms. The van der Waals surface area contributed by atoms with Gasteiger partial charge in [0.15, 0.2) is 0 Å². The van der Waals surface area contributed by atoms with Crippen LogP contribution in [0.2, 0.25) is 0 Å². The molecule has 0 aliphatic heterocycles. The lowest BCUT2D eigenvalue weighted by Gasteiger charge is -2.36. The van der Waals surface area contributed by atoms with Crippen molar-refractivity contribution in [1.82, 2.24) is 0 Å². The van der Waals surface area contributed by atoms with E-state index in [2.05, 4.69) is 126 Å². The topological polar surface area (TPSA) is 18.5 Å². The zero-order valence-corrected chi connectivity index (χ0v) is 25.5. The Labute approximate surface area is 241 Å². The fraction of sp³-hybridized carbons (Fsp3) is 0.368. The van der Waals surface area contributed by atoms with E-state index in [4.69, 9.17) is 9.47 Å². The summed E-state index contributed by atoms with van der Waals surface area (Å²) in [7, 11) is 0. The molecule has 2 nitrogen and oxygen atoms in total. The van der Waals surface area contributed by atoms with Gasteiger partial charge in [0, 0.05) is 0 Å². The van der Waals surface area contributed by atoms with Crippen molar-refractivity contribution in [3.05, 3.63) is 118 Å².